The molecular weight excluding hydrogens is 188 g/mol. The minimum atomic E-state index is -0.579. The Kier molecular flexibility index (Phi) is 1.98. The normalized spacial score (nSPS) is 10.3. The Bertz CT molecular complexity index is 433. The molecule has 0 saturated carbocycles. The van der Waals surface area contributed by atoms with E-state index in [1.54, 1.807) is 6.07 Å². The maximum absolute atomic E-state index is 10.3. The van der Waals surface area contributed by atoms with E-state index in [9.17, 15) is 10.1 Å². The van der Waals surface area contributed by atoms with Crippen LogP contribution in [0.25, 0.3) is 0 Å². The highest BCUT2D eigenvalue weighted by Crippen LogP contribution is 2.15. The van der Waals surface area contributed by atoms with Crippen molar-refractivity contribution in [2.75, 3.05) is 0 Å². The number of rotatable bonds is 3. The molecule has 72 valence electrons. The molecule has 7 heteroatoms. The average molecular weight is 194 g/mol. The third-order valence-electron chi connectivity index (χ3n) is 1.61. The largest absolute Gasteiger partial charge is 0.433 e. The average Bonchev–Trinajstić information content (AvgIpc) is 2.75. The van der Waals surface area contributed by atoms with E-state index >= 15 is 0 Å². The highest BCUT2D eigenvalue weighted by Gasteiger charge is 2.11. The van der Waals surface area contributed by atoms with Gasteiger partial charge in [0.15, 0.2) is 0 Å². The van der Waals surface area contributed by atoms with Crippen molar-refractivity contribution in [1.82, 2.24) is 14.8 Å². The molecule has 0 aliphatic heterocycles. The molecule has 0 saturated heterocycles. The second kappa shape index (κ2) is 3.29. The molecule has 0 unspecified atom stereocenters. The van der Waals surface area contributed by atoms with Crippen LogP contribution in [0.15, 0.2) is 29.2 Å². The molecule has 0 bridgehead atoms. The maximum atomic E-state index is 10.3. The SMILES string of the molecule is O=[N+]([O-])c1ccc(Cn2cncn2)o1. The lowest BCUT2D eigenvalue weighted by atomic mass is 10.4. The number of aromatic nitrogens is 3. The zero-order valence-electron chi connectivity index (χ0n) is 7.03. The molecule has 2 rings (SSSR count). The van der Waals surface area contributed by atoms with Gasteiger partial charge in [-0.15, -0.1) is 0 Å². The van der Waals surface area contributed by atoms with Gasteiger partial charge in [-0.2, -0.15) is 5.10 Å². The van der Waals surface area contributed by atoms with Crippen molar-refractivity contribution in [2.24, 2.45) is 0 Å². The smallest absolute Gasteiger partial charge is 0.404 e. The first kappa shape index (κ1) is 8.42. The third kappa shape index (κ3) is 1.60. The van der Waals surface area contributed by atoms with Crippen LogP contribution in [0, 0.1) is 10.1 Å². The number of hydrogen-bond donors (Lipinski definition) is 0. The predicted molar refractivity (Wildman–Crippen MR) is 44.5 cm³/mol. The molecule has 0 spiro atoms. The van der Waals surface area contributed by atoms with Gasteiger partial charge in [0.2, 0.25) is 0 Å². The second-order valence-corrected chi connectivity index (χ2v) is 2.59. The molecule has 0 N–H and O–H groups in total. The standard InChI is InChI=1S/C7H6N4O3/c12-11(13)7-2-1-6(14-7)3-10-5-8-4-9-10/h1-2,4-5H,3H2. The first-order valence-corrected chi connectivity index (χ1v) is 3.81. The molecule has 14 heavy (non-hydrogen) atoms. The number of nitrogens with zero attached hydrogens (tertiary/aromatic N) is 4. The Morgan fingerprint density at radius 3 is 3.00 bits per heavy atom. The van der Waals surface area contributed by atoms with E-state index in [1.807, 2.05) is 0 Å². The van der Waals surface area contributed by atoms with E-state index in [0.717, 1.165) is 0 Å². The highest BCUT2D eigenvalue weighted by molar-refractivity contribution is 5.17. The van der Waals surface area contributed by atoms with Gasteiger partial charge in [-0.25, -0.2) is 9.67 Å². The van der Waals surface area contributed by atoms with Crippen molar-refractivity contribution in [3.05, 3.63) is 40.7 Å². The second-order valence-electron chi connectivity index (χ2n) is 2.59. The van der Waals surface area contributed by atoms with Gasteiger partial charge >= 0.3 is 5.88 Å². The summed E-state index contributed by atoms with van der Waals surface area (Å²) in [5, 5.41) is 14.1. The molecule has 0 fully saturated rings. The van der Waals surface area contributed by atoms with E-state index in [-0.39, 0.29) is 5.88 Å². The number of hydrogen-bond acceptors (Lipinski definition) is 5. The molecule has 0 radical (unpaired) electrons. The van der Waals surface area contributed by atoms with Crippen molar-refractivity contribution in [3.8, 4) is 0 Å². The summed E-state index contributed by atoms with van der Waals surface area (Å²) in [5.74, 6) is 0.210. The van der Waals surface area contributed by atoms with Gasteiger partial charge < -0.3 is 4.42 Å². The third-order valence-corrected chi connectivity index (χ3v) is 1.61. The highest BCUT2D eigenvalue weighted by atomic mass is 16.6. The molecule has 0 aliphatic carbocycles. The quantitative estimate of drug-likeness (QED) is 0.533. The van der Waals surface area contributed by atoms with Crippen LogP contribution >= 0.6 is 0 Å². The Balaban J connectivity index is 2.14. The van der Waals surface area contributed by atoms with Crippen molar-refractivity contribution in [3.63, 3.8) is 0 Å². The summed E-state index contributed by atoms with van der Waals surface area (Å²) >= 11 is 0. The summed E-state index contributed by atoms with van der Waals surface area (Å²) in [7, 11) is 0. The number of furan rings is 1. The molecule has 0 aromatic carbocycles. The van der Waals surface area contributed by atoms with Gasteiger partial charge in [0.1, 0.15) is 29.9 Å². The summed E-state index contributed by atoms with van der Waals surface area (Å²) < 4.78 is 6.45. The fourth-order valence-corrected chi connectivity index (χ4v) is 1.02. The monoisotopic (exact) mass is 194 g/mol. The van der Waals surface area contributed by atoms with E-state index in [1.165, 1.54) is 23.4 Å². The minimum Gasteiger partial charge on any atom is -0.404 e. The molecule has 0 amide bonds. The summed E-state index contributed by atoms with van der Waals surface area (Å²) in [6.07, 6.45) is 2.89. The van der Waals surface area contributed by atoms with Crippen LogP contribution < -0.4 is 0 Å². The Morgan fingerprint density at radius 1 is 1.57 bits per heavy atom. The van der Waals surface area contributed by atoms with E-state index in [2.05, 4.69) is 10.1 Å². The fourth-order valence-electron chi connectivity index (χ4n) is 1.02. The Hall–Kier alpha value is -2.18. The Morgan fingerprint density at radius 2 is 2.43 bits per heavy atom. The molecule has 2 heterocycles. The molecule has 0 atom stereocenters. The zero-order valence-corrected chi connectivity index (χ0v) is 7.03. The van der Waals surface area contributed by atoms with E-state index < -0.39 is 4.92 Å². The van der Waals surface area contributed by atoms with Crippen molar-refractivity contribution in [1.29, 1.82) is 0 Å². The summed E-state index contributed by atoms with van der Waals surface area (Å²) in [5.41, 5.74) is 0. The van der Waals surface area contributed by atoms with Crippen molar-refractivity contribution in [2.45, 2.75) is 6.54 Å². The van der Waals surface area contributed by atoms with Crippen molar-refractivity contribution >= 4 is 5.88 Å². The van der Waals surface area contributed by atoms with Crippen LogP contribution in [0.4, 0.5) is 5.88 Å². The summed E-state index contributed by atoms with van der Waals surface area (Å²) in [4.78, 5) is 13.5. The lowest BCUT2D eigenvalue weighted by Gasteiger charge is -1.93. The predicted octanol–water partition coefficient (Wildman–Crippen LogP) is 0.828. The van der Waals surface area contributed by atoms with Crippen LogP contribution in [0.3, 0.4) is 0 Å². The first-order chi connectivity index (χ1) is 6.75. The molecule has 7 nitrogen and oxygen atoms in total. The lowest BCUT2D eigenvalue weighted by Crippen LogP contribution is -1.98. The number of nitro groups is 1. The maximum Gasteiger partial charge on any atom is 0.433 e. The molecule has 2 aromatic rings. The van der Waals surface area contributed by atoms with E-state index in [0.29, 0.717) is 12.3 Å². The van der Waals surface area contributed by atoms with Gasteiger partial charge in [0.05, 0.1) is 6.07 Å². The molecule has 0 aliphatic rings. The van der Waals surface area contributed by atoms with Crippen LogP contribution in [0.2, 0.25) is 0 Å². The van der Waals surface area contributed by atoms with Crippen LogP contribution in [-0.4, -0.2) is 19.7 Å². The molecule has 2 aromatic heterocycles. The van der Waals surface area contributed by atoms with Crippen molar-refractivity contribution < 1.29 is 9.34 Å². The minimum absolute atomic E-state index is 0.264. The molecular formula is C7H6N4O3. The van der Waals surface area contributed by atoms with Crippen LogP contribution in [0.1, 0.15) is 5.76 Å². The summed E-state index contributed by atoms with van der Waals surface area (Å²) in [6.45, 7) is 0.341. The Labute approximate surface area is 78.1 Å². The van der Waals surface area contributed by atoms with Crippen LogP contribution in [-0.2, 0) is 6.54 Å². The van der Waals surface area contributed by atoms with Gasteiger partial charge in [-0.1, -0.05) is 0 Å². The van der Waals surface area contributed by atoms with Gasteiger partial charge in [0, 0.05) is 0 Å². The van der Waals surface area contributed by atoms with E-state index in [4.69, 9.17) is 4.42 Å². The summed E-state index contributed by atoms with van der Waals surface area (Å²) in [6, 6.07) is 2.85. The lowest BCUT2D eigenvalue weighted by molar-refractivity contribution is -0.402. The van der Waals surface area contributed by atoms with Gasteiger partial charge in [-0.3, -0.25) is 10.1 Å². The first-order valence-electron chi connectivity index (χ1n) is 3.81. The van der Waals surface area contributed by atoms with Gasteiger partial charge in [0.25, 0.3) is 0 Å². The van der Waals surface area contributed by atoms with Gasteiger partial charge in [-0.05, 0) is 6.07 Å². The topological polar surface area (TPSA) is 87.0 Å². The fraction of sp³-hybridized carbons (Fsp3) is 0.143. The van der Waals surface area contributed by atoms with Crippen LogP contribution in [0.5, 0.6) is 0 Å². The zero-order chi connectivity index (χ0) is 9.97.